The Morgan fingerprint density at radius 1 is 1.06 bits per heavy atom. The maximum absolute atomic E-state index is 13.3. The molecule has 2 aliphatic rings. The van der Waals surface area contributed by atoms with E-state index < -0.39 is 27.7 Å². The molecule has 0 radical (unpaired) electrons. The summed E-state index contributed by atoms with van der Waals surface area (Å²) in [6.45, 7) is 1.81. The number of amides is 1. The third-order valence-electron chi connectivity index (χ3n) is 6.61. The van der Waals surface area contributed by atoms with E-state index in [0.717, 1.165) is 12.1 Å². The minimum atomic E-state index is -4.42. The van der Waals surface area contributed by atoms with Crippen LogP contribution in [0, 0.1) is 5.92 Å². The number of methoxy groups -OCH3 is 1. The van der Waals surface area contributed by atoms with E-state index in [1.807, 2.05) is 4.90 Å². The smallest absolute Gasteiger partial charge is 0.416 e. The molecule has 12 heteroatoms. The van der Waals surface area contributed by atoms with Gasteiger partial charge in [0.05, 0.1) is 18.6 Å². The molecule has 2 aliphatic heterocycles. The fraction of sp³-hybridized carbons (Fsp3) is 0.458. The van der Waals surface area contributed by atoms with Gasteiger partial charge >= 0.3 is 6.18 Å². The van der Waals surface area contributed by atoms with Crippen molar-refractivity contribution in [3.05, 3.63) is 53.1 Å². The number of sulfonamides is 1. The number of alkyl halides is 3. The number of benzene rings is 2. The number of rotatable bonds is 5. The Kier molecular flexibility index (Phi) is 7.72. The van der Waals surface area contributed by atoms with E-state index in [0.29, 0.717) is 44.7 Å². The van der Waals surface area contributed by atoms with Gasteiger partial charge in [-0.2, -0.15) is 17.5 Å². The third-order valence-corrected chi connectivity index (χ3v) is 8.73. The molecule has 1 amide bonds. The maximum atomic E-state index is 13.3. The summed E-state index contributed by atoms with van der Waals surface area (Å²) in [7, 11) is -2.55. The zero-order valence-corrected chi connectivity index (χ0v) is 21.2. The van der Waals surface area contributed by atoms with E-state index in [1.165, 1.54) is 29.6 Å². The highest BCUT2D eigenvalue weighted by molar-refractivity contribution is 7.89. The predicted octanol–water partition coefficient (Wildman–Crippen LogP) is 4.12. The first-order chi connectivity index (χ1) is 17.0. The molecule has 1 atom stereocenters. The molecule has 2 fully saturated rings. The summed E-state index contributed by atoms with van der Waals surface area (Å²) in [5.41, 5.74) is -0.249. The van der Waals surface area contributed by atoms with Gasteiger partial charge in [0.25, 0.3) is 0 Å². The van der Waals surface area contributed by atoms with Gasteiger partial charge in [0.2, 0.25) is 15.9 Å². The van der Waals surface area contributed by atoms with Crippen LogP contribution in [0.25, 0.3) is 0 Å². The van der Waals surface area contributed by atoms with Crippen LogP contribution in [0.2, 0.25) is 5.02 Å². The lowest BCUT2D eigenvalue weighted by atomic mass is 9.97. The van der Waals surface area contributed by atoms with Crippen molar-refractivity contribution in [2.45, 2.75) is 23.9 Å². The second kappa shape index (κ2) is 10.5. The van der Waals surface area contributed by atoms with Gasteiger partial charge in [-0.25, -0.2) is 8.42 Å². The van der Waals surface area contributed by atoms with Crippen molar-refractivity contribution >= 4 is 33.2 Å². The molecular formula is C24H27ClF3N3O4S. The first-order valence-electron chi connectivity index (χ1n) is 11.6. The fourth-order valence-electron chi connectivity index (χ4n) is 4.68. The number of carbonyl (C=O) groups is 1. The van der Waals surface area contributed by atoms with E-state index in [1.54, 1.807) is 17.0 Å². The van der Waals surface area contributed by atoms with Crippen LogP contribution < -0.4 is 9.64 Å². The zero-order valence-electron chi connectivity index (χ0n) is 19.7. The average Bonchev–Trinajstić information content (AvgIpc) is 2.88. The monoisotopic (exact) mass is 545 g/mol. The van der Waals surface area contributed by atoms with Gasteiger partial charge < -0.3 is 14.5 Å². The van der Waals surface area contributed by atoms with Crippen molar-refractivity contribution in [1.29, 1.82) is 0 Å². The number of nitrogens with zero attached hydrogens (tertiary/aromatic N) is 3. The van der Waals surface area contributed by atoms with Gasteiger partial charge in [0, 0.05) is 50.0 Å². The summed E-state index contributed by atoms with van der Waals surface area (Å²) in [6.07, 6.45) is -3.33. The van der Waals surface area contributed by atoms with Crippen LogP contribution in [0.15, 0.2) is 47.4 Å². The molecular weight excluding hydrogens is 519 g/mol. The second-order valence-corrected chi connectivity index (χ2v) is 11.2. The first-order valence-corrected chi connectivity index (χ1v) is 13.4. The Morgan fingerprint density at radius 3 is 2.44 bits per heavy atom. The molecule has 7 nitrogen and oxygen atoms in total. The first kappa shape index (κ1) is 26.6. The number of piperazine rings is 1. The van der Waals surface area contributed by atoms with Crippen molar-refractivity contribution < 1.29 is 31.1 Å². The lowest BCUT2D eigenvalue weighted by molar-refractivity contribution is -0.137. The number of carbonyl (C=O) groups excluding carboxylic acids is 1. The topological polar surface area (TPSA) is 70.2 Å². The standard InChI is InChI=1S/C24H27ClF3N3O4S/c1-35-21-8-7-19(25)15-22(21)36(33,34)31-9-3-4-17(16-31)23(32)30-12-10-29(11-13-30)20-6-2-5-18(14-20)24(26,27)28/h2,5-8,14-15,17H,3-4,9-13,16H2,1H3/t17-/m1/s1. The number of anilines is 1. The van der Waals surface area contributed by atoms with E-state index >= 15 is 0 Å². The van der Waals surface area contributed by atoms with Crippen LogP contribution in [-0.2, 0) is 21.0 Å². The molecule has 2 heterocycles. The fourth-order valence-corrected chi connectivity index (χ4v) is 6.62. The maximum Gasteiger partial charge on any atom is 0.416 e. The van der Waals surface area contributed by atoms with Gasteiger partial charge in [-0.1, -0.05) is 17.7 Å². The molecule has 0 saturated carbocycles. The van der Waals surface area contributed by atoms with E-state index in [2.05, 4.69) is 0 Å². The number of hydrogen-bond acceptors (Lipinski definition) is 5. The van der Waals surface area contributed by atoms with Gasteiger partial charge in [0.15, 0.2) is 0 Å². The number of piperidine rings is 1. The van der Waals surface area contributed by atoms with Crippen molar-refractivity contribution in [3.8, 4) is 5.75 Å². The highest BCUT2D eigenvalue weighted by atomic mass is 35.5. The van der Waals surface area contributed by atoms with Crippen LogP contribution >= 0.6 is 11.6 Å². The molecule has 2 saturated heterocycles. The van der Waals surface area contributed by atoms with Crippen LogP contribution in [0.4, 0.5) is 18.9 Å². The average molecular weight is 546 g/mol. The minimum absolute atomic E-state index is 0.0414. The van der Waals surface area contributed by atoms with Gasteiger partial charge in [-0.05, 0) is 49.2 Å². The lowest BCUT2D eigenvalue weighted by Gasteiger charge is -2.39. The molecule has 0 spiro atoms. The Balaban J connectivity index is 1.41. The third kappa shape index (κ3) is 5.57. The molecule has 0 bridgehead atoms. The van der Waals surface area contributed by atoms with Crippen LogP contribution in [0.5, 0.6) is 5.75 Å². The zero-order chi connectivity index (χ0) is 26.1. The minimum Gasteiger partial charge on any atom is -0.495 e. The van der Waals surface area contributed by atoms with Crippen molar-refractivity contribution in [2.75, 3.05) is 51.3 Å². The van der Waals surface area contributed by atoms with E-state index in [4.69, 9.17) is 16.3 Å². The Labute approximate surface area is 213 Å². The number of halogens is 4. The number of ether oxygens (including phenoxy) is 1. The van der Waals surface area contributed by atoms with Crippen LogP contribution in [0.3, 0.4) is 0 Å². The summed E-state index contributed by atoms with van der Waals surface area (Å²) in [4.78, 5) is 16.7. The van der Waals surface area contributed by atoms with Crippen molar-refractivity contribution in [1.82, 2.24) is 9.21 Å². The summed E-state index contributed by atoms with van der Waals surface area (Å²) < 4.78 is 72.4. The summed E-state index contributed by atoms with van der Waals surface area (Å²) >= 11 is 6.03. The molecule has 2 aromatic rings. The van der Waals surface area contributed by atoms with Gasteiger partial charge in [-0.3, -0.25) is 4.79 Å². The summed E-state index contributed by atoms with van der Waals surface area (Å²) in [5.74, 6) is -0.464. The molecule has 0 unspecified atom stereocenters. The molecule has 0 aromatic heterocycles. The summed E-state index contributed by atoms with van der Waals surface area (Å²) in [5, 5.41) is 0.262. The molecule has 2 aromatic carbocycles. The van der Waals surface area contributed by atoms with Crippen molar-refractivity contribution in [3.63, 3.8) is 0 Å². The lowest BCUT2D eigenvalue weighted by Crippen LogP contribution is -2.53. The number of hydrogen-bond donors (Lipinski definition) is 0. The Bertz CT molecular complexity index is 1220. The molecule has 0 N–H and O–H groups in total. The van der Waals surface area contributed by atoms with Crippen LogP contribution in [0.1, 0.15) is 18.4 Å². The van der Waals surface area contributed by atoms with Gasteiger partial charge in [0.1, 0.15) is 10.6 Å². The molecule has 0 aliphatic carbocycles. The molecule has 196 valence electrons. The Morgan fingerprint density at radius 2 is 1.78 bits per heavy atom. The highest BCUT2D eigenvalue weighted by Gasteiger charge is 2.37. The quantitative estimate of drug-likeness (QED) is 0.565. The second-order valence-electron chi connectivity index (χ2n) is 8.86. The SMILES string of the molecule is COc1ccc(Cl)cc1S(=O)(=O)N1CCC[C@@H](C(=O)N2CCN(c3cccc(C(F)(F)F)c3)CC2)C1. The largest absolute Gasteiger partial charge is 0.495 e. The van der Waals surface area contributed by atoms with E-state index in [-0.39, 0.29) is 34.7 Å². The normalized spacial score (nSPS) is 19.9. The summed E-state index contributed by atoms with van der Waals surface area (Å²) in [6, 6.07) is 9.53. The highest BCUT2D eigenvalue weighted by Crippen LogP contribution is 2.34. The predicted molar refractivity (Wildman–Crippen MR) is 130 cm³/mol. The molecule has 4 rings (SSSR count). The molecule has 36 heavy (non-hydrogen) atoms. The van der Waals surface area contributed by atoms with Crippen molar-refractivity contribution in [2.24, 2.45) is 5.92 Å². The van der Waals surface area contributed by atoms with E-state index in [9.17, 15) is 26.4 Å². The van der Waals surface area contributed by atoms with Gasteiger partial charge in [-0.15, -0.1) is 0 Å². The van der Waals surface area contributed by atoms with Crippen LogP contribution in [-0.4, -0.2) is 69.9 Å². The Hall–Kier alpha value is -2.50.